The highest BCUT2D eigenvalue weighted by atomic mass is 32.2. The molecule has 1 heterocycles. The maximum atomic E-state index is 8.85. The van der Waals surface area contributed by atoms with Gasteiger partial charge in [-0.1, -0.05) is 23.1 Å². The summed E-state index contributed by atoms with van der Waals surface area (Å²) in [7, 11) is 0. The standard InChI is InChI=1S/C8H12N4S2/c1-6(2)11-7(3-9)4-13-8-12-10-5-14-8/h5-7,11H,4H2,1-2H3. The molecule has 6 heteroatoms. The lowest BCUT2D eigenvalue weighted by Gasteiger charge is -2.12. The van der Waals surface area contributed by atoms with Crippen LogP contribution in [0.2, 0.25) is 0 Å². The molecule has 4 nitrogen and oxygen atoms in total. The smallest absolute Gasteiger partial charge is 0.174 e. The second kappa shape index (κ2) is 5.96. The van der Waals surface area contributed by atoms with Crippen LogP contribution in [0.1, 0.15) is 13.8 Å². The summed E-state index contributed by atoms with van der Waals surface area (Å²) in [5, 5.41) is 19.6. The van der Waals surface area contributed by atoms with Crippen LogP contribution < -0.4 is 5.32 Å². The second-order valence-electron chi connectivity index (χ2n) is 3.02. The fraction of sp³-hybridized carbons (Fsp3) is 0.625. The minimum Gasteiger partial charge on any atom is -0.299 e. The molecule has 0 spiro atoms. The molecular weight excluding hydrogens is 216 g/mol. The predicted molar refractivity (Wildman–Crippen MR) is 58.3 cm³/mol. The van der Waals surface area contributed by atoms with Crippen LogP contribution in [0.5, 0.6) is 0 Å². The van der Waals surface area contributed by atoms with Gasteiger partial charge in [-0.25, -0.2) is 0 Å². The summed E-state index contributed by atoms with van der Waals surface area (Å²) in [5.74, 6) is 0.712. The number of aromatic nitrogens is 2. The van der Waals surface area contributed by atoms with E-state index in [0.717, 1.165) is 4.34 Å². The summed E-state index contributed by atoms with van der Waals surface area (Å²) in [4.78, 5) is 0. The van der Waals surface area contributed by atoms with Gasteiger partial charge in [-0.05, 0) is 13.8 Å². The second-order valence-corrected chi connectivity index (χ2v) is 5.12. The molecule has 0 bridgehead atoms. The zero-order valence-electron chi connectivity index (χ0n) is 8.10. The molecule has 76 valence electrons. The lowest BCUT2D eigenvalue weighted by Crippen LogP contribution is -2.35. The first kappa shape index (κ1) is 11.4. The van der Waals surface area contributed by atoms with E-state index >= 15 is 0 Å². The van der Waals surface area contributed by atoms with Crippen molar-refractivity contribution in [2.24, 2.45) is 0 Å². The fourth-order valence-corrected chi connectivity index (χ4v) is 2.37. The van der Waals surface area contributed by atoms with E-state index in [1.165, 1.54) is 11.3 Å². The molecule has 0 aromatic carbocycles. The van der Waals surface area contributed by atoms with Gasteiger partial charge in [0.25, 0.3) is 0 Å². The molecule has 0 amide bonds. The van der Waals surface area contributed by atoms with Crippen molar-refractivity contribution >= 4 is 23.1 Å². The quantitative estimate of drug-likeness (QED) is 0.774. The zero-order valence-corrected chi connectivity index (χ0v) is 9.73. The van der Waals surface area contributed by atoms with Gasteiger partial charge in [-0.3, -0.25) is 5.32 Å². The first-order valence-electron chi connectivity index (χ1n) is 4.27. The van der Waals surface area contributed by atoms with Crippen LogP contribution in [0.3, 0.4) is 0 Å². The van der Waals surface area contributed by atoms with Crippen LogP contribution in [-0.4, -0.2) is 28.0 Å². The molecule has 1 N–H and O–H groups in total. The Morgan fingerprint density at radius 3 is 3.00 bits per heavy atom. The van der Waals surface area contributed by atoms with Gasteiger partial charge in [0.15, 0.2) is 4.34 Å². The maximum absolute atomic E-state index is 8.85. The van der Waals surface area contributed by atoms with Gasteiger partial charge in [-0.15, -0.1) is 10.2 Å². The van der Waals surface area contributed by atoms with E-state index in [4.69, 9.17) is 5.26 Å². The SMILES string of the molecule is CC(C)NC(C#N)CSc1nncs1. The summed E-state index contributed by atoms with van der Waals surface area (Å²) in [6.07, 6.45) is 0. The largest absolute Gasteiger partial charge is 0.299 e. The minimum absolute atomic E-state index is 0.121. The number of nitrogens with zero attached hydrogens (tertiary/aromatic N) is 3. The van der Waals surface area contributed by atoms with Gasteiger partial charge >= 0.3 is 0 Å². The molecule has 1 rings (SSSR count). The van der Waals surface area contributed by atoms with E-state index in [9.17, 15) is 0 Å². The van der Waals surface area contributed by atoms with E-state index < -0.39 is 0 Å². The summed E-state index contributed by atoms with van der Waals surface area (Å²) in [6, 6.07) is 2.43. The molecule has 0 aliphatic carbocycles. The van der Waals surface area contributed by atoms with Crippen LogP contribution >= 0.6 is 23.1 Å². The summed E-state index contributed by atoms with van der Waals surface area (Å²) in [6.45, 7) is 4.06. The molecule has 0 saturated heterocycles. The Bertz CT molecular complexity index is 291. The van der Waals surface area contributed by atoms with Crippen molar-refractivity contribution in [3.63, 3.8) is 0 Å². The van der Waals surface area contributed by atoms with E-state index in [0.29, 0.717) is 11.8 Å². The van der Waals surface area contributed by atoms with Gasteiger partial charge in [0.2, 0.25) is 0 Å². The summed E-state index contributed by atoms with van der Waals surface area (Å²) >= 11 is 3.06. The van der Waals surface area contributed by atoms with Gasteiger partial charge in [-0.2, -0.15) is 5.26 Å². The van der Waals surface area contributed by atoms with Crippen molar-refractivity contribution in [1.82, 2.24) is 15.5 Å². The van der Waals surface area contributed by atoms with Crippen molar-refractivity contribution in [1.29, 1.82) is 5.26 Å². The number of rotatable bonds is 5. The Morgan fingerprint density at radius 2 is 2.50 bits per heavy atom. The monoisotopic (exact) mass is 228 g/mol. The molecule has 0 saturated carbocycles. The first-order chi connectivity index (χ1) is 6.72. The Morgan fingerprint density at radius 1 is 1.71 bits per heavy atom. The summed E-state index contributed by atoms with van der Waals surface area (Å²) < 4.78 is 0.913. The average molecular weight is 228 g/mol. The average Bonchev–Trinajstić information content (AvgIpc) is 2.64. The minimum atomic E-state index is -0.121. The third-order valence-corrected chi connectivity index (χ3v) is 3.36. The van der Waals surface area contributed by atoms with Crippen molar-refractivity contribution in [3.8, 4) is 6.07 Å². The topological polar surface area (TPSA) is 61.6 Å². The van der Waals surface area contributed by atoms with Crippen LogP contribution in [0.4, 0.5) is 0 Å². The molecule has 14 heavy (non-hydrogen) atoms. The number of nitrogens with one attached hydrogen (secondary N) is 1. The van der Waals surface area contributed by atoms with E-state index in [1.54, 1.807) is 17.3 Å². The first-order valence-corrected chi connectivity index (χ1v) is 6.13. The van der Waals surface area contributed by atoms with Crippen LogP contribution in [0, 0.1) is 11.3 Å². The van der Waals surface area contributed by atoms with Crippen molar-refractivity contribution in [2.75, 3.05) is 5.75 Å². The Kier molecular flexibility index (Phi) is 4.87. The van der Waals surface area contributed by atoms with E-state index in [2.05, 4.69) is 21.6 Å². The normalized spacial score (nSPS) is 12.7. The fourth-order valence-electron chi connectivity index (χ4n) is 0.905. The van der Waals surface area contributed by atoms with Gasteiger partial charge in [0.05, 0.1) is 6.07 Å². The Labute approximate surface area is 91.7 Å². The van der Waals surface area contributed by atoms with Crippen LogP contribution in [0.25, 0.3) is 0 Å². The molecule has 0 aliphatic heterocycles. The van der Waals surface area contributed by atoms with E-state index in [-0.39, 0.29) is 6.04 Å². The maximum Gasteiger partial charge on any atom is 0.174 e. The van der Waals surface area contributed by atoms with E-state index in [1.807, 2.05) is 13.8 Å². The van der Waals surface area contributed by atoms with Crippen LogP contribution in [-0.2, 0) is 0 Å². The lowest BCUT2D eigenvalue weighted by molar-refractivity contribution is 0.560. The molecule has 1 aromatic rings. The molecule has 1 atom stereocenters. The molecule has 0 fully saturated rings. The van der Waals surface area contributed by atoms with Crippen molar-refractivity contribution < 1.29 is 0 Å². The van der Waals surface area contributed by atoms with Crippen LogP contribution in [0.15, 0.2) is 9.85 Å². The zero-order chi connectivity index (χ0) is 10.4. The number of hydrogen-bond acceptors (Lipinski definition) is 6. The van der Waals surface area contributed by atoms with Gasteiger partial charge in [0.1, 0.15) is 11.6 Å². The van der Waals surface area contributed by atoms with Gasteiger partial charge in [0, 0.05) is 11.8 Å². The Hall–Kier alpha value is -0.640. The number of thioether (sulfide) groups is 1. The highest BCUT2D eigenvalue weighted by Gasteiger charge is 2.09. The van der Waals surface area contributed by atoms with Crippen molar-refractivity contribution in [2.45, 2.75) is 30.3 Å². The molecular formula is C8H12N4S2. The number of nitriles is 1. The third kappa shape index (κ3) is 4.05. The number of hydrogen-bond donors (Lipinski definition) is 1. The highest BCUT2D eigenvalue weighted by molar-refractivity contribution is 8.01. The molecule has 0 radical (unpaired) electrons. The Balaban J connectivity index is 2.32. The lowest BCUT2D eigenvalue weighted by atomic mass is 10.3. The van der Waals surface area contributed by atoms with Crippen molar-refractivity contribution in [3.05, 3.63) is 5.51 Å². The summed E-state index contributed by atoms with van der Waals surface area (Å²) in [5.41, 5.74) is 1.69. The molecule has 0 aliphatic rings. The predicted octanol–water partition coefficient (Wildman–Crippen LogP) is 1.52. The molecule has 1 unspecified atom stereocenters. The van der Waals surface area contributed by atoms with Gasteiger partial charge < -0.3 is 0 Å². The molecule has 1 aromatic heterocycles. The highest BCUT2D eigenvalue weighted by Crippen LogP contribution is 2.19. The third-order valence-electron chi connectivity index (χ3n) is 1.40.